The smallest absolute Gasteiger partial charge is 0.151 e. The summed E-state index contributed by atoms with van der Waals surface area (Å²) in [6.07, 6.45) is 1.22. The van der Waals surface area contributed by atoms with Crippen molar-refractivity contribution in [3.63, 3.8) is 0 Å². The highest BCUT2D eigenvalue weighted by atomic mass is 32.2. The number of nitrogen functional groups attached to an aromatic ring is 1. The van der Waals surface area contributed by atoms with Crippen LogP contribution in [0.5, 0.6) is 0 Å². The molecule has 0 bridgehead atoms. The largest absolute Gasteiger partial charge is 0.399 e. The Kier molecular flexibility index (Phi) is 2.61. The molecular weight excluding hydrogens is 186 g/mol. The summed E-state index contributed by atoms with van der Waals surface area (Å²) in [6, 6.07) is 5.25. The zero-order valence-electron chi connectivity index (χ0n) is 7.74. The van der Waals surface area contributed by atoms with Gasteiger partial charge in [-0.25, -0.2) is 8.42 Å². The van der Waals surface area contributed by atoms with Gasteiger partial charge in [0.25, 0.3) is 0 Å². The van der Waals surface area contributed by atoms with Crippen LogP contribution in [0.4, 0.5) is 5.69 Å². The van der Waals surface area contributed by atoms with E-state index >= 15 is 0 Å². The minimum absolute atomic E-state index is 0.0825. The molecule has 2 N–H and O–H groups in total. The monoisotopic (exact) mass is 199 g/mol. The lowest BCUT2D eigenvalue weighted by Gasteiger charge is -2.04. The molecule has 1 aromatic rings. The van der Waals surface area contributed by atoms with E-state index in [-0.39, 0.29) is 5.75 Å². The van der Waals surface area contributed by atoms with Gasteiger partial charge in [0.15, 0.2) is 9.84 Å². The molecule has 0 amide bonds. The van der Waals surface area contributed by atoms with E-state index in [4.69, 9.17) is 5.73 Å². The molecule has 0 heterocycles. The summed E-state index contributed by atoms with van der Waals surface area (Å²) in [5.41, 5.74) is 7.94. The second-order valence-electron chi connectivity index (χ2n) is 3.26. The Hall–Kier alpha value is -1.03. The summed E-state index contributed by atoms with van der Waals surface area (Å²) in [5, 5.41) is 0. The maximum atomic E-state index is 11.0. The Bertz CT molecular complexity index is 410. The second kappa shape index (κ2) is 3.38. The van der Waals surface area contributed by atoms with E-state index < -0.39 is 9.84 Å². The molecule has 1 aromatic carbocycles. The number of benzene rings is 1. The molecule has 0 aliphatic carbocycles. The molecule has 0 fully saturated rings. The summed E-state index contributed by atoms with van der Waals surface area (Å²) in [5.74, 6) is 0.0825. The van der Waals surface area contributed by atoms with Crippen LogP contribution in [0.1, 0.15) is 11.1 Å². The topological polar surface area (TPSA) is 60.2 Å². The lowest BCUT2D eigenvalue weighted by atomic mass is 10.1. The van der Waals surface area contributed by atoms with Crippen LogP contribution >= 0.6 is 0 Å². The number of aryl methyl sites for hydroxylation is 1. The van der Waals surface area contributed by atoms with Crippen LogP contribution in [0.15, 0.2) is 18.2 Å². The Labute approximate surface area is 78.5 Å². The predicted molar refractivity (Wildman–Crippen MR) is 54.1 cm³/mol. The average molecular weight is 199 g/mol. The Balaban J connectivity index is 3.04. The Morgan fingerprint density at radius 1 is 1.38 bits per heavy atom. The lowest BCUT2D eigenvalue weighted by molar-refractivity contribution is 0.601. The van der Waals surface area contributed by atoms with Crippen molar-refractivity contribution in [3.8, 4) is 0 Å². The fourth-order valence-corrected chi connectivity index (χ4v) is 2.05. The molecule has 0 radical (unpaired) electrons. The van der Waals surface area contributed by atoms with Gasteiger partial charge >= 0.3 is 0 Å². The van der Waals surface area contributed by atoms with Crippen LogP contribution in [0.2, 0.25) is 0 Å². The first-order chi connectivity index (χ1) is 5.88. The molecule has 72 valence electrons. The second-order valence-corrected chi connectivity index (χ2v) is 5.40. The van der Waals surface area contributed by atoms with Gasteiger partial charge in [-0.2, -0.15) is 0 Å². The van der Waals surface area contributed by atoms with E-state index in [1.165, 1.54) is 6.26 Å². The summed E-state index contributed by atoms with van der Waals surface area (Å²) < 4.78 is 22.0. The summed E-state index contributed by atoms with van der Waals surface area (Å²) in [4.78, 5) is 0. The van der Waals surface area contributed by atoms with E-state index in [0.717, 1.165) is 11.1 Å². The van der Waals surface area contributed by atoms with Gasteiger partial charge in [-0.15, -0.1) is 0 Å². The van der Waals surface area contributed by atoms with Gasteiger partial charge in [-0.3, -0.25) is 0 Å². The van der Waals surface area contributed by atoms with Gasteiger partial charge < -0.3 is 5.73 Å². The molecule has 0 unspecified atom stereocenters. The molecule has 4 heteroatoms. The molecular formula is C9H13NO2S. The van der Waals surface area contributed by atoms with Gasteiger partial charge in [-0.05, 0) is 30.2 Å². The number of hydrogen-bond acceptors (Lipinski definition) is 3. The van der Waals surface area contributed by atoms with Crippen molar-refractivity contribution in [1.29, 1.82) is 0 Å². The molecule has 0 aliphatic heterocycles. The molecule has 1 rings (SSSR count). The Morgan fingerprint density at radius 3 is 2.46 bits per heavy atom. The molecule has 13 heavy (non-hydrogen) atoms. The number of nitrogens with two attached hydrogens (primary N) is 1. The first kappa shape index (κ1) is 10.1. The van der Waals surface area contributed by atoms with Crippen molar-refractivity contribution in [2.24, 2.45) is 0 Å². The molecule has 0 saturated heterocycles. The van der Waals surface area contributed by atoms with Crippen LogP contribution in [-0.2, 0) is 15.6 Å². The molecule has 0 aromatic heterocycles. The number of rotatable bonds is 2. The van der Waals surface area contributed by atoms with Crippen LogP contribution in [0, 0.1) is 6.92 Å². The zero-order valence-corrected chi connectivity index (χ0v) is 8.56. The van der Waals surface area contributed by atoms with Gasteiger partial charge in [0.05, 0.1) is 5.75 Å². The van der Waals surface area contributed by atoms with Crippen molar-refractivity contribution < 1.29 is 8.42 Å². The molecule has 0 spiro atoms. The fraction of sp³-hybridized carbons (Fsp3) is 0.333. The number of hydrogen-bond donors (Lipinski definition) is 1. The summed E-state index contributed by atoms with van der Waals surface area (Å²) in [6.45, 7) is 1.86. The normalized spacial score (nSPS) is 11.5. The van der Waals surface area contributed by atoms with Gasteiger partial charge in [0.1, 0.15) is 0 Å². The van der Waals surface area contributed by atoms with E-state index in [9.17, 15) is 8.42 Å². The summed E-state index contributed by atoms with van der Waals surface area (Å²) in [7, 11) is -2.95. The number of anilines is 1. The average Bonchev–Trinajstić information content (AvgIpc) is 1.93. The van der Waals surface area contributed by atoms with Crippen molar-refractivity contribution in [1.82, 2.24) is 0 Å². The predicted octanol–water partition coefficient (Wildman–Crippen LogP) is 1.12. The summed E-state index contributed by atoms with van der Waals surface area (Å²) >= 11 is 0. The minimum Gasteiger partial charge on any atom is -0.399 e. The maximum Gasteiger partial charge on any atom is 0.151 e. The quantitative estimate of drug-likeness (QED) is 0.726. The molecule has 0 aliphatic rings. The first-order valence-corrected chi connectivity index (χ1v) is 5.97. The van der Waals surface area contributed by atoms with E-state index in [0.29, 0.717) is 5.69 Å². The highest BCUT2D eigenvalue weighted by molar-refractivity contribution is 7.89. The van der Waals surface area contributed by atoms with Crippen LogP contribution in [0.25, 0.3) is 0 Å². The standard InChI is InChI=1S/C9H13NO2S/c1-7-5-9(10)4-3-8(7)6-13(2,11)12/h3-5H,6,10H2,1-2H3. The number of sulfone groups is 1. The van der Waals surface area contributed by atoms with E-state index in [2.05, 4.69) is 0 Å². The highest BCUT2D eigenvalue weighted by Gasteiger charge is 2.06. The van der Waals surface area contributed by atoms with Crippen molar-refractivity contribution in [2.45, 2.75) is 12.7 Å². The maximum absolute atomic E-state index is 11.0. The van der Waals surface area contributed by atoms with Crippen molar-refractivity contribution in [3.05, 3.63) is 29.3 Å². The van der Waals surface area contributed by atoms with Gasteiger partial charge in [-0.1, -0.05) is 6.07 Å². The molecule has 3 nitrogen and oxygen atoms in total. The Morgan fingerprint density at radius 2 is 2.00 bits per heavy atom. The third kappa shape index (κ3) is 3.06. The SMILES string of the molecule is Cc1cc(N)ccc1CS(C)(=O)=O. The highest BCUT2D eigenvalue weighted by Crippen LogP contribution is 2.14. The van der Waals surface area contributed by atoms with Gasteiger partial charge in [0, 0.05) is 11.9 Å². The zero-order chi connectivity index (χ0) is 10.1. The van der Waals surface area contributed by atoms with Crippen molar-refractivity contribution in [2.75, 3.05) is 12.0 Å². The minimum atomic E-state index is -2.95. The first-order valence-electron chi connectivity index (χ1n) is 3.91. The van der Waals surface area contributed by atoms with E-state index in [1.54, 1.807) is 18.2 Å². The van der Waals surface area contributed by atoms with E-state index in [1.807, 2.05) is 6.92 Å². The van der Waals surface area contributed by atoms with Crippen LogP contribution in [-0.4, -0.2) is 14.7 Å². The molecule has 0 atom stereocenters. The lowest BCUT2D eigenvalue weighted by Crippen LogP contribution is -2.02. The third-order valence-electron chi connectivity index (χ3n) is 1.78. The van der Waals surface area contributed by atoms with Gasteiger partial charge in [0.2, 0.25) is 0 Å². The third-order valence-corrected chi connectivity index (χ3v) is 2.62. The van der Waals surface area contributed by atoms with Crippen LogP contribution in [0.3, 0.4) is 0 Å². The molecule has 0 saturated carbocycles. The fourth-order valence-electron chi connectivity index (χ4n) is 1.16. The van der Waals surface area contributed by atoms with Crippen LogP contribution < -0.4 is 5.73 Å². The van der Waals surface area contributed by atoms with Crippen molar-refractivity contribution >= 4 is 15.5 Å².